The summed E-state index contributed by atoms with van der Waals surface area (Å²) in [6.07, 6.45) is 4.95. The van der Waals surface area contributed by atoms with Gasteiger partial charge in [0.25, 0.3) is 0 Å². The molecule has 10 nitrogen and oxygen atoms in total. The number of halogens is 2. The van der Waals surface area contributed by atoms with Crippen molar-refractivity contribution in [2.75, 3.05) is 44.3 Å². The third-order valence-corrected chi connectivity index (χ3v) is 10.4. The maximum Gasteiger partial charge on any atom is 0.243 e. The fourth-order valence-corrected chi connectivity index (χ4v) is 7.49. The first kappa shape index (κ1) is 31.5. The van der Waals surface area contributed by atoms with Crippen LogP contribution in [0.2, 0.25) is 10.0 Å². The van der Waals surface area contributed by atoms with E-state index in [4.69, 9.17) is 42.7 Å². The zero-order valence-corrected chi connectivity index (χ0v) is 26.6. The highest BCUT2D eigenvalue weighted by atomic mass is 35.5. The first-order valence-electron chi connectivity index (χ1n) is 14.4. The van der Waals surface area contributed by atoms with E-state index in [1.165, 1.54) is 16.4 Å². The number of nitrogens with zero attached hydrogens (tertiary/aromatic N) is 5. The summed E-state index contributed by atoms with van der Waals surface area (Å²) in [6.45, 7) is 3.17. The molecule has 0 amide bonds. The zero-order chi connectivity index (χ0) is 31.4. The Labute approximate surface area is 272 Å². The fraction of sp³-hybridized carbons (Fsp3) is 0.312. The predicted molar refractivity (Wildman–Crippen MR) is 169 cm³/mol. The van der Waals surface area contributed by atoms with Crippen LogP contribution in [0.1, 0.15) is 16.7 Å². The van der Waals surface area contributed by atoms with Crippen LogP contribution in [0.5, 0.6) is 0 Å². The van der Waals surface area contributed by atoms with E-state index in [1.54, 1.807) is 36.8 Å². The van der Waals surface area contributed by atoms with Gasteiger partial charge < -0.3 is 23.7 Å². The highest BCUT2D eigenvalue weighted by Gasteiger charge is 2.42. The van der Waals surface area contributed by atoms with Gasteiger partial charge in [-0.15, -0.1) is 0 Å². The summed E-state index contributed by atoms with van der Waals surface area (Å²) in [5.41, 5.74) is 3.01. The average molecular weight is 669 g/mol. The lowest BCUT2D eigenvalue weighted by Gasteiger charge is -2.41. The largest absolute Gasteiger partial charge is 0.369 e. The minimum atomic E-state index is -3.66. The second kappa shape index (κ2) is 13.5. The van der Waals surface area contributed by atoms with Gasteiger partial charge in [-0.3, -0.25) is 0 Å². The van der Waals surface area contributed by atoms with E-state index in [0.29, 0.717) is 73.7 Å². The molecule has 1 aromatic heterocycles. The first-order valence-corrected chi connectivity index (χ1v) is 16.6. The smallest absolute Gasteiger partial charge is 0.243 e. The summed E-state index contributed by atoms with van der Waals surface area (Å²) in [6, 6.07) is 21.4. The summed E-state index contributed by atoms with van der Waals surface area (Å²) in [4.78, 5) is 6.43. The van der Waals surface area contributed by atoms with Crippen molar-refractivity contribution in [3.05, 3.63) is 112 Å². The lowest BCUT2D eigenvalue weighted by Crippen LogP contribution is -2.48. The number of piperazine rings is 1. The van der Waals surface area contributed by atoms with Crippen molar-refractivity contribution in [1.29, 1.82) is 5.26 Å². The third-order valence-electron chi connectivity index (χ3n) is 7.92. The van der Waals surface area contributed by atoms with Crippen LogP contribution < -0.4 is 4.90 Å². The van der Waals surface area contributed by atoms with E-state index in [1.807, 2.05) is 47.2 Å². The summed E-state index contributed by atoms with van der Waals surface area (Å²) in [7, 11) is -3.66. The highest BCUT2D eigenvalue weighted by Crippen LogP contribution is 2.38. The molecule has 234 valence electrons. The molecular weight excluding hydrogens is 637 g/mol. The topological polar surface area (TPSA) is 110 Å². The minimum Gasteiger partial charge on any atom is -0.369 e. The molecule has 0 unspecified atom stereocenters. The summed E-state index contributed by atoms with van der Waals surface area (Å²) in [5.74, 6) is -1.12. The van der Waals surface area contributed by atoms with E-state index in [2.05, 4.69) is 9.88 Å². The van der Waals surface area contributed by atoms with Crippen molar-refractivity contribution in [2.24, 2.45) is 0 Å². The quantitative estimate of drug-likeness (QED) is 0.244. The van der Waals surface area contributed by atoms with Crippen LogP contribution in [0.3, 0.4) is 0 Å². The molecule has 0 saturated carbocycles. The van der Waals surface area contributed by atoms with Gasteiger partial charge in [-0.05, 0) is 48.0 Å². The molecular formula is C32H31Cl2N5O5S. The Balaban J connectivity index is 1.02. The van der Waals surface area contributed by atoms with Crippen molar-refractivity contribution in [1.82, 2.24) is 13.9 Å². The molecule has 3 aromatic carbocycles. The van der Waals surface area contributed by atoms with Crippen LogP contribution in [-0.4, -0.2) is 67.8 Å². The molecule has 0 aliphatic carbocycles. The maximum absolute atomic E-state index is 13.1. The molecule has 0 spiro atoms. The summed E-state index contributed by atoms with van der Waals surface area (Å²) < 4.78 is 48.4. The van der Waals surface area contributed by atoms with Gasteiger partial charge in [0, 0.05) is 54.8 Å². The molecule has 2 aliphatic heterocycles. The molecule has 0 N–H and O–H groups in total. The number of nitriles is 1. The van der Waals surface area contributed by atoms with Gasteiger partial charge in [-0.1, -0.05) is 47.5 Å². The van der Waals surface area contributed by atoms with Gasteiger partial charge in [0.05, 0.1) is 54.2 Å². The Morgan fingerprint density at radius 2 is 1.76 bits per heavy atom. The molecule has 0 radical (unpaired) electrons. The van der Waals surface area contributed by atoms with Crippen LogP contribution in [-0.2, 0) is 43.2 Å². The standard InChI is InChI=1S/C32H31Cl2N5O5S/c33-26-6-9-30(31(34)17-26)32(22-37-11-10-36-23-37)43-20-28(21-44-32)42-19-24-4-7-27(8-5-24)38-12-14-39(15-13-38)45(40,41)29-3-1-2-25(16-29)18-35/h1-11,16-17,23,28H,12-15,19-22H2/t28-,32+. The van der Waals surface area contributed by atoms with Crippen LogP contribution >= 0.6 is 23.2 Å². The SMILES string of the molecule is N#Cc1cccc(S(=O)(=O)N2CCN(c3ccc(CO[C@H]4CO[C@@](Cn5ccnc5)(c5ccc(Cl)cc5Cl)OC4)cc3)CC2)c1. The minimum absolute atomic E-state index is 0.144. The van der Waals surface area contributed by atoms with Gasteiger partial charge in [-0.25, -0.2) is 13.4 Å². The number of ether oxygens (including phenoxy) is 3. The van der Waals surface area contributed by atoms with Crippen LogP contribution in [0.25, 0.3) is 0 Å². The van der Waals surface area contributed by atoms with E-state index < -0.39 is 15.8 Å². The average Bonchev–Trinajstić information content (AvgIpc) is 3.57. The monoisotopic (exact) mass is 667 g/mol. The number of aromatic nitrogens is 2. The number of anilines is 1. The summed E-state index contributed by atoms with van der Waals surface area (Å²) in [5, 5.41) is 10.1. The van der Waals surface area contributed by atoms with Crippen LogP contribution in [0.4, 0.5) is 5.69 Å². The Morgan fingerprint density at radius 3 is 2.42 bits per heavy atom. The van der Waals surface area contributed by atoms with Crippen molar-refractivity contribution >= 4 is 38.9 Å². The Kier molecular flexibility index (Phi) is 9.44. The summed E-state index contributed by atoms with van der Waals surface area (Å²) >= 11 is 12.7. The highest BCUT2D eigenvalue weighted by molar-refractivity contribution is 7.89. The normalized spacial score (nSPS) is 21.0. The molecule has 2 saturated heterocycles. The third kappa shape index (κ3) is 7.03. The Morgan fingerprint density at radius 1 is 1.00 bits per heavy atom. The van der Waals surface area contributed by atoms with Crippen LogP contribution in [0, 0.1) is 11.3 Å². The van der Waals surface area contributed by atoms with Gasteiger partial charge in [-0.2, -0.15) is 9.57 Å². The number of imidazole rings is 1. The molecule has 2 fully saturated rings. The second-order valence-corrected chi connectivity index (χ2v) is 13.6. The molecule has 6 rings (SSSR count). The van der Waals surface area contributed by atoms with E-state index >= 15 is 0 Å². The van der Waals surface area contributed by atoms with Crippen molar-refractivity contribution < 1.29 is 22.6 Å². The van der Waals surface area contributed by atoms with Crippen molar-refractivity contribution in [3.63, 3.8) is 0 Å². The van der Waals surface area contributed by atoms with Gasteiger partial charge in [0.15, 0.2) is 0 Å². The lowest BCUT2D eigenvalue weighted by molar-refractivity contribution is -0.313. The van der Waals surface area contributed by atoms with Gasteiger partial charge in [0.2, 0.25) is 15.8 Å². The fourth-order valence-electron chi connectivity index (χ4n) is 5.47. The first-order chi connectivity index (χ1) is 21.8. The molecule has 45 heavy (non-hydrogen) atoms. The Bertz CT molecular complexity index is 1760. The molecule has 0 atom stereocenters. The number of sulfonamides is 1. The van der Waals surface area contributed by atoms with E-state index in [9.17, 15) is 8.42 Å². The molecule has 3 heterocycles. The maximum atomic E-state index is 13.1. The number of hydrogen-bond donors (Lipinski definition) is 0. The zero-order valence-electron chi connectivity index (χ0n) is 24.3. The molecule has 13 heteroatoms. The Hall–Kier alpha value is -3.47. The predicted octanol–water partition coefficient (Wildman–Crippen LogP) is 5.06. The van der Waals surface area contributed by atoms with E-state index in [-0.39, 0.29) is 11.0 Å². The number of hydrogen-bond acceptors (Lipinski definition) is 8. The lowest BCUT2D eigenvalue weighted by atomic mass is 10.0. The van der Waals surface area contributed by atoms with Crippen molar-refractivity contribution in [3.8, 4) is 6.07 Å². The molecule has 0 bridgehead atoms. The van der Waals surface area contributed by atoms with Crippen molar-refractivity contribution in [2.45, 2.75) is 29.9 Å². The molecule has 2 aliphatic rings. The number of benzene rings is 3. The van der Waals surface area contributed by atoms with Gasteiger partial charge in [0.1, 0.15) is 6.10 Å². The van der Waals surface area contributed by atoms with Gasteiger partial charge >= 0.3 is 0 Å². The van der Waals surface area contributed by atoms with E-state index in [0.717, 1.165) is 11.3 Å². The second-order valence-electron chi connectivity index (χ2n) is 10.9. The molecule has 4 aromatic rings. The van der Waals surface area contributed by atoms with Crippen LogP contribution in [0.15, 0.2) is 90.3 Å². The number of rotatable bonds is 9.